The van der Waals surface area contributed by atoms with E-state index in [0.29, 0.717) is 22.7 Å². The predicted octanol–water partition coefficient (Wildman–Crippen LogP) is 4.54. The van der Waals surface area contributed by atoms with Gasteiger partial charge in [0.25, 0.3) is 5.69 Å². The number of nitrogens with zero attached hydrogens (tertiary/aromatic N) is 3. The number of hydrogen-bond donors (Lipinski definition) is 0. The van der Waals surface area contributed by atoms with Crippen LogP contribution >= 0.6 is 11.8 Å². The molecule has 0 aliphatic carbocycles. The highest BCUT2D eigenvalue weighted by molar-refractivity contribution is 8.26. The second-order valence-corrected chi connectivity index (χ2v) is 8.21. The van der Waals surface area contributed by atoms with Crippen molar-refractivity contribution in [2.75, 3.05) is 6.54 Å². The van der Waals surface area contributed by atoms with E-state index in [1.54, 1.807) is 13.0 Å². The Hall–Kier alpha value is -1.89. The van der Waals surface area contributed by atoms with E-state index in [1.165, 1.54) is 23.9 Å². The fraction of sp³-hybridized carbons (Fsp3) is 0.556. The number of benzene rings is 1. The molecule has 1 aliphatic heterocycles. The van der Waals surface area contributed by atoms with Crippen LogP contribution in [0.15, 0.2) is 23.2 Å². The number of rotatable bonds is 6. The van der Waals surface area contributed by atoms with E-state index < -0.39 is 4.92 Å². The molecule has 0 radical (unpaired) electrons. The average molecular weight is 363 g/mol. The van der Waals surface area contributed by atoms with Gasteiger partial charge in [-0.05, 0) is 48.6 Å². The van der Waals surface area contributed by atoms with Crippen molar-refractivity contribution < 1.29 is 9.72 Å². The molecule has 136 valence electrons. The van der Waals surface area contributed by atoms with Crippen LogP contribution in [0.25, 0.3) is 0 Å². The zero-order valence-corrected chi connectivity index (χ0v) is 16.2. The molecule has 0 saturated carbocycles. The van der Waals surface area contributed by atoms with Gasteiger partial charge in [-0.1, -0.05) is 27.7 Å². The number of carbonyl (C=O) groups is 1. The van der Waals surface area contributed by atoms with Gasteiger partial charge in [-0.25, -0.2) is 4.99 Å². The van der Waals surface area contributed by atoms with Crippen LogP contribution in [0, 0.1) is 28.9 Å². The van der Waals surface area contributed by atoms with Crippen LogP contribution in [0.4, 0.5) is 11.4 Å². The topological polar surface area (TPSA) is 75.8 Å². The van der Waals surface area contributed by atoms with E-state index in [-0.39, 0.29) is 16.8 Å². The number of amidine groups is 1. The van der Waals surface area contributed by atoms with Crippen molar-refractivity contribution in [3.05, 3.63) is 33.9 Å². The smallest absolute Gasteiger partial charge is 0.269 e. The zero-order valence-electron chi connectivity index (χ0n) is 15.4. The summed E-state index contributed by atoms with van der Waals surface area (Å²) in [5.41, 5.74) is 1.44. The maximum absolute atomic E-state index is 12.5. The van der Waals surface area contributed by atoms with Crippen LogP contribution in [0.1, 0.15) is 39.7 Å². The minimum Gasteiger partial charge on any atom is -0.340 e. The van der Waals surface area contributed by atoms with Crippen LogP contribution in [0.5, 0.6) is 0 Å². The SMILES string of the molecule is Cc1cc([N+](=O)[O-])ccc1N=C1SC(=O)[C@H](CC(C)C)N1CC(C)C. The summed E-state index contributed by atoms with van der Waals surface area (Å²) >= 11 is 1.18. The highest BCUT2D eigenvalue weighted by Crippen LogP contribution is 2.33. The van der Waals surface area contributed by atoms with E-state index in [1.807, 2.05) is 0 Å². The Bertz CT molecular complexity index is 701. The van der Waals surface area contributed by atoms with Crippen LogP contribution in [-0.2, 0) is 4.79 Å². The van der Waals surface area contributed by atoms with Gasteiger partial charge in [0.05, 0.1) is 10.6 Å². The third-order valence-corrected chi connectivity index (χ3v) is 4.93. The highest BCUT2D eigenvalue weighted by atomic mass is 32.2. The van der Waals surface area contributed by atoms with Gasteiger partial charge in [0.15, 0.2) is 5.17 Å². The summed E-state index contributed by atoms with van der Waals surface area (Å²) in [5, 5.41) is 11.7. The lowest BCUT2D eigenvalue weighted by molar-refractivity contribution is -0.384. The summed E-state index contributed by atoms with van der Waals surface area (Å²) in [6.45, 7) is 11.0. The summed E-state index contributed by atoms with van der Waals surface area (Å²) < 4.78 is 0. The molecule has 0 amide bonds. The quantitative estimate of drug-likeness (QED) is 0.548. The second kappa shape index (κ2) is 7.99. The average Bonchev–Trinajstić information content (AvgIpc) is 2.76. The largest absolute Gasteiger partial charge is 0.340 e. The van der Waals surface area contributed by atoms with Crippen LogP contribution < -0.4 is 0 Å². The normalized spacial score (nSPS) is 19.5. The molecule has 1 aliphatic rings. The first kappa shape index (κ1) is 19.4. The molecule has 0 bridgehead atoms. The lowest BCUT2D eigenvalue weighted by Gasteiger charge is -2.27. The lowest BCUT2D eigenvalue weighted by atomic mass is 10.0. The molecule has 1 atom stereocenters. The van der Waals surface area contributed by atoms with Crippen molar-refractivity contribution in [3.63, 3.8) is 0 Å². The fourth-order valence-corrected chi connectivity index (χ4v) is 3.82. The van der Waals surface area contributed by atoms with Crippen molar-refractivity contribution in [2.24, 2.45) is 16.8 Å². The maximum atomic E-state index is 12.5. The number of aliphatic imine (C=N–C) groups is 1. The number of hydrogen-bond acceptors (Lipinski definition) is 5. The molecule has 1 aromatic carbocycles. The molecule has 6 nitrogen and oxygen atoms in total. The molecular formula is C18H25N3O3S. The Labute approximate surface area is 152 Å². The number of carbonyl (C=O) groups excluding carboxylic acids is 1. The van der Waals surface area contributed by atoms with Crippen molar-refractivity contribution in [2.45, 2.75) is 47.1 Å². The van der Waals surface area contributed by atoms with Crippen LogP contribution in [-0.4, -0.2) is 32.7 Å². The Morgan fingerprint density at radius 3 is 2.48 bits per heavy atom. The minimum absolute atomic E-state index is 0.0494. The van der Waals surface area contributed by atoms with E-state index in [0.717, 1.165) is 18.5 Å². The predicted molar refractivity (Wildman–Crippen MR) is 102 cm³/mol. The maximum Gasteiger partial charge on any atom is 0.269 e. The molecule has 1 fully saturated rings. The Balaban J connectivity index is 2.36. The van der Waals surface area contributed by atoms with Gasteiger partial charge in [0.2, 0.25) is 5.12 Å². The van der Waals surface area contributed by atoms with Crippen molar-refractivity contribution in [3.8, 4) is 0 Å². The minimum atomic E-state index is -0.415. The molecule has 2 rings (SSSR count). The first-order valence-corrected chi connectivity index (χ1v) is 9.32. The molecule has 0 unspecified atom stereocenters. The molecule has 1 heterocycles. The summed E-state index contributed by atoms with van der Waals surface area (Å²) in [5.74, 6) is 0.828. The first-order valence-electron chi connectivity index (χ1n) is 8.51. The van der Waals surface area contributed by atoms with Gasteiger partial charge in [-0.2, -0.15) is 0 Å². The molecule has 0 aromatic heterocycles. The molecule has 25 heavy (non-hydrogen) atoms. The number of nitro groups is 1. The van der Waals surface area contributed by atoms with Crippen molar-refractivity contribution in [1.82, 2.24) is 4.90 Å². The summed E-state index contributed by atoms with van der Waals surface area (Å²) in [7, 11) is 0. The standard InChI is InChI=1S/C18H25N3O3S/c1-11(2)8-16-17(22)25-18(20(16)10-12(3)4)19-15-7-6-14(21(23)24)9-13(15)5/h6-7,9,11-12,16H,8,10H2,1-5H3/t16-/m0/s1. The highest BCUT2D eigenvalue weighted by Gasteiger charge is 2.38. The molecular weight excluding hydrogens is 338 g/mol. The third kappa shape index (κ3) is 4.81. The van der Waals surface area contributed by atoms with Crippen molar-refractivity contribution in [1.29, 1.82) is 0 Å². The number of aryl methyl sites for hydroxylation is 1. The van der Waals surface area contributed by atoms with Gasteiger partial charge in [-0.3, -0.25) is 14.9 Å². The van der Waals surface area contributed by atoms with Crippen LogP contribution in [0.2, 0.25) is 0 Å². The van der Waals surface area contributed by atoms with E-state index in [2.05, 4.69) is 37.6 Å². The van der Waals surface area contributed by atoms with Gasteiger partial charge >= 0.3 is 0 Å². The third-order valence-electron chi connectivity index (χ3n) is 3.95. The van der Waals surface area contributed by atoms with E-state index >= 15 is 0 Å². The summed E-state index contributed by atoms with van der Waals surface area (Å²) in [6.07, 6.45) is 0.802. The molecule has 1 aromatic rings. The monoisotopic (exact) mass is 363 g/mol. The molecule has 0 spiro atoms. The Morgan fingerprint density at radius 1 is 1.28 bits per heavy atom. The van der Waals surface area contributed by atoms with E-state index in [9.17, 15) is 14.9 Å². The Morgan fingerprint density at radius 2 is 1.96 bits per heavy atom. The molecule has 0 N–H and O–H groups in total. The van der Waals surface area contributed by atoms with E-state index in [4.69, 9.17) is 0 Å². The Kier molecular flexibility index (Phi) is 6.21. The zero-order chi connectivity index (χ0) is 18.7. The second-order valence-electron chi connectivity index (χ2n) is 7.23. The van der Waals surface area contributed by atoms with Gasteiger partial charge in [0, 0.05) is 18.7 Å². The number of nitro benzene ring substituents is 1. The van der Waals surface area contributed by atoms with Gasteiger partial charge in [0.1, 0.15) is 6.04 Å². The molecule has 7 heteroatoms. The number of thioether (sulfide) groups is 1. The van der Waals surface area contributed by atoms with Crippen molar-refractivity contribution >= 4 is 33.4 Å². The van der Waals surface area contributed by atoms with Gasteiger partial charge in [-0.15, -0.1) is 0 Å². The lowest BCUT2D eigenvalue weighted by Crippen LogP contribution is -2.39. The fourth-order valence-electron chi connectivity index (χ4n) is 2.81. The summed E-state index contributed by atoms with van der Waals surface area (Å²) in [6, 6.07) is 4.46. The van der Waals surface area contributed by atoms with Crippen LogP contribution in [0.3, 0.4) is 0 Å². The van der Waals surface area contributed by atoms with Gasteiger partial charge < -0.3 is 4.90 Å². The first-order chi connectivity index (χ1) is 11.7. The molecule has 1 saturated heterocycles. The number of non-ortho nitro benzene ring substituents is 1. The summed E-state index contributed by atoms with van der Waals surface area (Å²) in [4.78, 5) is 29.7.